The Morgan fingerprint density at radius 2 is 1.47 bits per heavy atom. The number of ether oxygens (including phenoxy) is 3. The Balaban J connectivity index is 0.00000253. The van der Waals surface area contributed by atoms with Crippen LogP contribution < -0.4 is 73.3 Å². The third-order valence-corrected chi connectivity index (χ3v) is 6.73. The van der Waals surface area contributed by atoms with Crippen LogP contribution >= 0.6 is 0 Å². The number of aromatic amines is 1. The minimum Gasteiger partial charge on any atom is -1.00 e. The average Bonchev–Trinajstić information content (AvgIpc) is 3.54. The summed E-state index contributed by atoms with van der Waals surface area (Å²) in [7, 11) is 0. The van der Waals surface area contributed by atoms with E-state index in [1.807, 2.05) is 78.9 Å². The molecule has 214 valence electrons. The van der Waals surface area contributed by atoms with Crippen molar-refractivity contribution in [2.75, 3.05) is 13.2 Å². The number of hydrogen-bond donors (Lipinski definition) is 2. The van der Waals surface area contributed by atoms with Gasteiger partial charge in [0, 0.05) is 23.6 Å². The van der Waals surface area contributed by atoms with Crippen LogP contribution in [-0.4, -0.2) is 38.9 Å². The molecule has 43 heavy (non-hydrogen) atoms. The van der Waals surface area contributed by atoms with Crippen molar-refractivity contribution >= 4 is 0 Å². The van der Waals surface area contributed by atoms with E-state index in [0.29, 0.717) is 37.0 Å². The number of hydrogen-bond acceptors (Lipinski definition) is 7. The van der Waals surface area contributed by atoms with Crippen LogP contribution in [0.25, 0.3) is 22.5 Å². The van der Waals surface area contributed by atoms with E-state index < -0.39 is 0 Å². The second-order valence-electron chi connectivity index (χ2n) is 9.56. The van der Waals surface area contributed by atoms with Crippen molar-refractivity contribution in [3.05, 3.63) is 96.1 Å². The van der Waals surface area contributed by atoms with Gasteiger partial charge in [0.25, 0.3) is 0 Å². The van der Waals surface area contributed by atoms with E-state index in [1.54, 1.807) is 6.07 Å². The number of nitrogens with zero attached hydrogens (tertiary/aromatic N) is 3. The number of nitrogens with one attached hydrogen (secondary N) is 1. The largest absolute Gasteiger partial charge is 1.00 e. The molecule has 5 rings (SSSR count). The molecule has 5 aromatic rings. The Morgan fingerprint density at radius 1 is 0.767 bits per heavy atom. The molecule has 2 N–H and O–H groups in total. The SMILES string of the molecule is CCCc1c(OCCCOc2cc(O)c(-c3ccccc3)cc2CC)cccc1Oc1ccccc1-c1nn[nH]n1.[H-].[H-].[Na+].[Na+]. The molecule has 4 aromatic carbocycles. The summed E-state index contributed by atoms with van der Waals surface area (Å²) in [5.74, 6) is 3.55. The van der Waals surface area contributed by atoms with Crippen LogP contribution in [0.4, 0.5) is 0 Å². The van der Waals surface area contributed by atoms with Crippen molar-refractivity contribution in [2.24, 2.45) is 0 Å². The van der Waals surface area contributed by atoms with Gasteiger partial charge in [-0.25, -0.2) is 0 Å². The minimum absolute atomic E-state index is 0. The summed E-state index contributed by atoms with van der Waals surface area (Å²) in [4.78, 5) is 0. The molecule has 0 radical (unpaired) electrons. The number of phenolic OH excluding ortho intramolecular Hbond substituents is 1. The molecule has 1 heterocycles. The van der Waals surface area contributed by atoms with Crippen LogP contribution in [0.15, 0.2) is 84.9 Å². The van der Waals surface area contributed by atoms with Gasteiger partial charge in [-0.3, -0.25) is 0 Å². The fraction of sp³-hybridized carbons (Fsp3) is 0.242. The number of tetrazole rings is 1. The quantitative estimate of drug-likeness (QED) is 0.157. The van der Waals surface area contributed by atoms with Crippen LogP contribution in [0, 0.1) is 0 Å². The number of benzene rings is 4. The Labute approximate surface area is 299 Å². The van der Waals surface area contributed by atoms with E-state index in [9.17, 15) is 5.11 Å². The van der Waals surface area contributed by atoms with Crippen molar-refractivity contribution in [1.29, 1.82) is 0 Å². The second-order valence-corrected chi connectivity index (χ2v) is 9.56. The van der Waals surface area contributed by atoms with Gasteiger partial charge in [-0.2, -0.15) is 5.21 Å². The first-order valence-corrected chi connectivity index (χ1v) is 14.0. The molecule has 0 spiro atoms. The fourth-order valence-electron chi connectivity index (χ4n) is 4.70. The van der Waals surface area contributed by atoms with Gasteiger partial charge in [0.2, 0.25) is 5.82 Å². The molecule has 8 nitrogen and oxygen atoms in total. The standard InChI is InChI=1S/C33H34N4O4.2Na.2H/c1-3-12-25-29(17-10-18-30(25)41-31-16-9-8-15-26(31)33-34-36-37-35-33)39-19-11-20-40-32-22-28(38)27(21-23(32)4-2)24-13-6-5-7-14-24;;;;/h5-10,13-18,21-22,38H,3-4,11-12,19-20H2,1-2H3,(H,34,35,36,37);;;;/q;2*+1;2*-1. The average molecular weight is 599 g/mol. The van der Waals surface area contributed by atoms with E-state index in [4.69, 9.17) is 14.2 Å². The molecule has 0 bridgehead atoms. The van der Waals surface area contributed by atoms with Crippen LogP contribution in [0.3, 0.4) is 0 Å². The van der Waals surface area contributed by atoms with E-state index in [2.05, 4.69) is 34.5 Å². The first-order valence-electron chi connectivity index (χ1n) is 14.0. The molecular formula is C33H36N4Na2O4. The van der Waals surface area contributed by atoms with Gasteiger partial charge < -0.3 is 22.2 Å². The molecule has 0 amide bonds. The number of phenols is 1. The zero-order valence-corrected chi connectivity index (χ0v) is 29.3. The Bertz CT molecular complexity index is 1580. The number of para-hydroxylation sites is 1. The van der Waals surface area contributed by atoms with Crippen molar-refractivity contribution < 1.29 is 81.3 Å². The predicted octanol–water partition coefficient (Wildman–Crippen LogP) is 1.63. The van der Waals surface area contributed by atoms with E-state index in [0.717, 1.165) is 58.6 Å². The molecule has 0 saturated carbocycles. The van der Waals surface area contributed by atoms with Gasteiger partial charge in [0.15, 0.2) is 0 Å². The summed E-state index contributed by atoms with van der Waals surface area (Å²) < 4.78 is 18.7. The van der Waals surface area contributed by atoms with Gasteiger partial charge in [0.1, 0.15) is 28.7 Å². The molecule has 10 heteroatoms. The van der Waals surface area contributed by atoms with Crippen molar-refractivity contribution in [1.82, 2.24) is 20.6 Å². The molecule has 0 aliphatic carbocycles. The summed E-state index contributed by atoms with van der Waals surface area (Å²) in [5.41, 5.74) is 4.60. The van der Waals surface area contributed by atoms with Crippen LogP contribution in [0.2, 0.25) is 0 Å². The maximum Gasteiger partial charge on any atom is 1.00 e. The molecule has 0 aliphatic rings. The number of aromatic nitrogens is 4. The monoisotopic (exact) mass is 598 g/mol. The van der Waals surface area contributed by atoms with Crippen LogP contribution in [0.1, 0.15) is 40.7 Å². The van der Waals surface area contributed by atoms with Crippen molar-refractivity contribution in [2.45, 2.75) is 39.5 Å². The van der Waals surface area contributed by atoms with Crippen LogP contribution in [-0.2, 0) is 12.8 Å². The van der Waals surface area contributed by atoms with E-state index >= 15 is 0 Å². The molecule has 0 saturated heterocycles. The zero-order chi connectivity index (χ0) is 28.4. The Morgan fingerprint density at radius 3 is 2.19 bits per heavy atom. The van der Waals surface area contributed by atoms with E-state index in [1.165, 1.54) is 0 Å². The molecule has 0 unspecified atom stereocenters. The molecule has 0 atom stereocenters. The Kier molecular flexibility index (Phi) is 14.1. The number of H-pyrrole nitrogens is 1. The van der Waals surface area contributed by atoms with Gasteiger partial charge in [-0.05, 0) is 59.5 Å². The molecular weight excluding hydrogens is 562 g/mol. The summed E-state index contributed by atoms with van der Waals surface area (Å²) in [6.45, 7) is 5.16. The molecule has 1 aromatic heterocycles. The third kappa shape index (κ3) is 8.85. The summed E-state index contributed by atoms with van der Waals surface area (Å²) >= 11 is 0. The topological polar surface area (TPSA) is 102 Å². The molecule has 0 aliphatic heterocycles. The summed E-state index contributed by atoms with van der Waals surface area (Å²) in [6.07, 6.45) is 3.23. The number of rotatable bonds is 13. The molecule has 0 fully saturated rings. The summed E-state index contributed by atoms with van der Waals surface area (Å²) in [5, 5.41) is 25.0. The van der Waals surface area contributed by atoms with Crippen molar-refractivity contribution in [3.63, 3.8) is 0 Å². The van der Waals surface area contributed by atoms with E-state index in [-0.39, 0.29) is 67.7 Å². The van der Waals surface area contributed by atoms with Crippen molar-refractivity contribution in [3.8, 4) is 51.3 Å². The van der Waals surface area contributed by atoms with Gasteiger partial charge in [0.05, 0.1) is 18.8 Å². The van der Waals surface area contributed by atoms with Gasteiger partial charge in [-0.1, -0.05) is 68.8 Å². The first-order chi connectivity index (χ1) is 20.2. The number of aromatic hydroxyl groups is 1. The first kappa shape index (κ1) is 34.6. The third-order valence-electron chi connectivity index (χ3n) is 6.73. The minimum atomic E-state index is 0. The fourth-order valence-corrected chi connectivity index (χ4v) is 4.70. The Hall–Kier alpha value is -2.85. The smallest absolute Gasteiger partial charge is 1.00 e. The number of aryl methyl sites for hydroxylation is 1. The zero-order valence-electron chi connectivity index (χ0n) is 27.3. The maximum atomic E-state index is 10.7. The normalized spacial score (nSPS) is 10.4. The summed E-state index contributed by atoms with van der Waals surface area (Å²) in [6, 6.07) is 27.1. The van der Waals surface area contributed by atoms with Gasteiger partial charge in [-0.15, -0.1) is 10.2 Å². The van der Waals surface area contributed by atoms with Gasteiger partial charge >= 0.3 is 59.1 Å². The van der Waals surface area contributed by atoms with Crippen LogP contribution in [0.5, 0.6) is 28.7 Å². The maximum absolute atomic E-state index is 10.7. The second kappa shape index (κ2) is 17.4. The predicted molar refractivity (Wildman–Crippen MR) is 161 cm³/mol.